The largest absolute Gasteiger partial charge is 0.408 e. The highest BCUT2D eigenvalue weighted by atomic mass is 19.4. The summed E-state index contributed by atoms with van der Waals surface area (Å²) in [6.07, 6.45) is -4.53. The Labute approximate surface area is 176 Å². The van der Waals surface area contributed by atoms with Crippen LogP contribution in [0.2, 0.25) is 0 Å². The molecule has 0 radical (unpaired) electrons. The zero-order valence-electron chi connectivity index (χ0n) is 17.7. The predicted octanol–water partition coefficient (Wildman–Crippen LogP) is 3.85. The van der Waals surface area contributed by atoms with Crippen molar-refractivity contribution in [3.63, 3.8) is 0 Å². The first kappa shape index (κ1) is 24.1. The van der Waals surface area contributed by atoms with Gasteiger partial charge in [-0.2, -0.15) is 13.2 Å². The lowest BCUT2D eigenvalue weighted by Gasteiger charge is -2.17. The van der Waals surface area contributed by atoms with E-state index in [1.165, 1.54) is 36.7 Å². The molecule has 0 saturated heterocycles. The minimum Gasteiger partial charge on any atom is -0.344 e. The molecule has 168 valence electrons. The summed E-state index contributed by atoms with van der Waals surface area (Å²) < 4.78 is 53.0. The average molecular weight is 441 g/mol. The number of hydrogen-bond acceptors (Lipinski definition) is 3. The molecule has 0 aliphatic rings. The Bertz CT molecular complexity index is 1040. The third-order valence-electron chi connectivity index (χ3n) is 5.04. The number of hydrogen-bond donors (Lipinski definition) is 2. The smallest absolute Gasteiger partial charge is 0.344 e. The van der Waals surface area contributed by atoms with Gasteiger partial charge in [-0.25, -0.2) is 4.39 Å². The summed E-state index contributed by atoms with van der Waals surface area (Å²) in [5, 5.41) is 4.27. The number of amides is 2. The number of alkyl halides is 3. The number of aryl methyl sites for hydroxylation is 1. The van der Waals surface area contributed by atoms with E-state index in [1.807, 2.05) is 0 Å². The molecule has 10 heteroatoms. The normalized spacial score (nSPS) is 12.4. The van der Waals surface area contributed by atoms with E-state index in [9.17, 15) is 31.9 Å². The lowest BCUT2D eigenvalue weighted by Crippen LogP contribution is -2.46. The Balaban J connectivity index is 2.40. The molecule has 2 rings (SSSR count). The van der Waals surface area contributed by atoms with Gasteiger partial charge in [0.2, 0.25) is 0 Å². The highest BCUT2D eigenvalue weighted by molar-refractivity contribution is 6.43. The second kappa shape index (κ2) is 8.91. The molecular formula is C21H23F4N3O3. The van der Waals surface area contributed by atoms with Crippen molar-refractivity contribution in [2.45, 2.75) is 46.3 Å². The maximum atomic E-state index is 13.5. The standard InChI is InChI=1S/C21H23F4N3O3/c1-6-14-16(19(30)27-13-7-8-15(22)10(2)9-13)11(3)28(5)17(14)18(29)20(31)26-12(4)21(23,24)25/h7-9,12H,6H2,1-5H3,(H,26,31)(H,27,30). The Morgan fingerprint density at radius 2 is 1.77 bits per heavy atom. The number of carbonyl (C=O) groups excluding carboxylic acids is 3. The van der Waals surface area contributed by atoms with E-state index in [-0.39, 0.29) is 23.2 Å². The fourth-order valence-electron chi connectivity index (χ4n) is 3.18. The van der Waals surface area contributed by atoms with E-state index in [1.54, 1.807) is 19.2 Å². The van der Waals surface area contributed by atoms with Gasteiger partial charge in [0.15, 0.2) is 0 Å². The van der Waals surface area contributed by atoms with Crippen LogP contribution in [0.1, 0.15) is 51.5 Å². The fraction of sp³-hybridized carbons (Fsp3) is 0.381. The van der Waals surface area contributed by atoms with Gasteiger partial charge in [0.1, 0.15) is 11.9 Å². The monoisotopic (exact) mass is 441 g/mol. The van der Waals surface area contributed by atoms with E-state index < -0.39 is 35.6 Å². The summed E-state index contributed by atoms with van der Waals surface area (Å²) in [7, 11) is 1.45. The Morgan fingerprint density at radius 1 is 1.16 bits per heavy atom. The number of nitrogens with one attached hydrogen (secondary N) is 2. The molecule has 2 amide bonds. The van der Waals surface area contributed by atoms with Crippen LogP contribution < -0.4 is 10.6 Å². The highest BCUT2D eigenvalue weighted by Gasteiger charge is 2.39. The first-order chi connectivity index (χ1) is 14.3. The number of carbonyl (C=O) groups is 3. The number of nitrogens with zero attached hydrogens (tertiary/aromatic N) is 1. The first-order valence-electron chi connectivity index (χ1n) is 9.47. The maximum absolute atomic E-state index is 13.5. The van der Waals surface area contributed by atoms with E-state index in [2.05, 4.69) is 5.32 Å². The number of halogens is 4. The van der Waals surface area contributed by atoms with Crippen LogP contribution in [0.15, 0.2) is 18.2 Å². The quantitative estimate of drug-likeness (QED) is 0.406. The summed E-state index contributed by atoms with van der Waals surface area (Å²) in [5.41, 5.74) is 1.21. The second-order valence-electron chi connectivity index (χ2n) is 7.18. The summed E-state index contributed by atoms with van der Waals surface area (Å²) in [6.45, 7) is 5.47. The summed E-state index contributed by atoms with van der Waals surface area (Å²) >= 11 is 0. The third kappa shape index (κ3) is 4.95. The van der Waals surface area contributed by atoms with Gasteiger partial charge in [0, 0.05) is 18.4 Å². The molecule has 1 aromatic heterocycles. The third-order valence-corrected chi connectivity index (χ3v) is 5.04. The van der Waals surface area contributed by atoms with Crippen molar-refractivity contribution in [2.24, 2.45) is 7.05 Å². The Kier molecular flexibility index (Phi) is 6.93. The van der Waals surface area contributed by atoms with E-state index in [4.69, 9.17) is 0 Å². The van der Waals surface area contributed by atoms with Crippen LogP contribution in [-0.4, -0.2) is 34.4 Å². The lowest BCUT2D eigenvalue weighted by molar-refractivity contribution is -0.156. The van der Waals surface area contributed by atoms with Gasteiger partial charge in [-0.3, -0.25) is 14.4 Å². The zero-order chi connectivity index (χ0) is 23.7. The van der Waals surface area contributed by atoms with Crippen molar-refractivity contribution in [1.29, 1.82) is 0 Å². The molecule has 0 aliphatic carbocycles. The predicted molar refractivity (Wildman–Crippen MR) is 107 cm³/mol. The van der Waals surface area contributed by atoms with E-state index in [0.717, 1.165) is 6.92 Å². The maximum Gasteiger partial charge on any atom is 0.408 e. The number of anilines is 1. The molecule has 0 fully saturated rings. The van der Waals surface area contributed by atoms with Gasteiger partial charge in [-0.05, 0) is 56.5 Å². The zero-order valence-corrected chi connectivity index (χ0v) is 17.7. The fourth-order valence-corrected chi connectivity index (χ4v) is 3.18. The van der Waals surface area contributed by atoms with Crippen LogP contribution in [-0.2, 0) is 18.3 Å². The van der Waals surface area contributed by atoms with Gasteiger partial charge in [0.05, 0.1) is 11.3 Å². The minimum atomic E-state index is -4.70. The van der Waals surface area contributed by atoms with Crippen molar-refractivity contribution >= 4 is 23.3 Å². The lowest BCUT2D eigenvalue weighted by atomic mass is 10.0. The van der Waals surface area contributed by atoms with Gasteiger partial charge in [0.25, 0.3) is 17.6 Å². The van der Waals surface area contributed by atoms with Crippen LogP contribution in [0.3, 0.4) is 0 Å². The molecule has 1 heterocycles. The highest BCUT2D eigenvalue weighted by Crippen LogP contribution is 2.26. The number of ketones is 1. The minimum absolute atomic E-state index is 0.131. The van der Waals surface area contributed by atoms with Crippen LogP contribution in [0.4, 0.5) is 23.2 Å². The molecule has 0 aliphatic heterocycles. The van der Waals surface area contributed by atoms with Crippen molar-refractivity contribution in [3.8, 4) is 0 Å². The summed E-state index contributed by atoms with van der Waals surface area (Å²) in [4.78, 5) is 37.7. The Hall–Kier alpha value is -3.17. The molecule has 0 bridgehead atoms. The molecule has 1 atom stereocenters. The first-order valence-corrected chi connectivity index (χ1v) is 9.47. The van der Waals surface area contributed by atoms with Crippen LogP contribution in [0, 0.1) is 19.7 Å². The van der Waals surface area contributed by atoms with Crippen LogP contribution in [0.25, 0.3) is 0 Å². The number of aromatic nitrogens is 1. The molecule has 31 heavy (non-hydrogen) atoms. The SMILES string of the molecule is CCc1c(C(=O)Nc2ccc(F)c(C)c2)c(C)n(C)c1C(=O)C(=O)NC(C)C(F)(F)F. The van der Waals surface area contributed by atoms with Crippen LogP contribution in [0.5, 0.6) is 0 Å². The molecule has 2 N–H and O–H groups in total. The topological polar surface area (TPSA) is 80.2 Å². The van der Waals surface area contributed by atoms with Gasteiger partial charge in [-0.1, -0.05) is 6.92 Å². The number of benzene rings is 1. The van der Waals surface area contributed by atoms with Crippen molar-refractivity contribution < 1.29 is 31.9 Å². The molecule has 2 aromatic rings. The molecular weight excluding hydrogens is 418 g/mol. The van der Waals surface area contributed by atoms with Crippen molar-refractivity contribution in [1.82, 2.24) is 9.88 Å². The second-order valence-corrected chi connectivity index (χ2v) is 7.18. The summed E-state index contributed by atoms with van der Waals surface area (Å²) in [5.74, 6) is -3.61. The average Bonchev–Trinajstić information content (AvgIpc) is 2.93. The van der Waals surface area contributed by atoms with Crippen molar-refractivity contribution in [3.05, 3.63) is 52.1 Å². The summed E-state index contributed by atoms with van der Waals surface area (Å²) in [6, 6.07) is 1.81. The van der Waals surface area contributed by atoms with Crippen molar-refractivity contribution in [2.75, 3.05) is 5.32 Å². The molecule has 6 nitrogen and oxygen atoms in total. The van der Waals surface area contributed by atoms with Gasteiger partial charge in [-0.15, -0.1) is 0 Å². The number of rotatable bonds is 6. The Morgan fingerprint density at radius 3 is 2.29 bits per heavy atom. The van der Waals surface area contributed by atoms with Gasteiger partial charge >= 0.3 is 6.18 Å². The molecule has 0 spiro atoms. The van der Waals surface area contributed by atoms with Crippen LogP contribution >= 0.6 is 0 Å². The van der Waals surface area contributed by atoms with Gasteiger partial charge < -0.3 is 15.2 Å². The van der Waals surface area contributed by atoms with E-state index in [0.29, 0.717) is 16.9 Å². The number of Topliss-reactive ketones (excluding diaryl/α,β-unsaturated/α-hetero) is 1. The molecule has 1 aromatic carbocycles. The molecule has 1 unspecified atom stereocenters. The molecule has 0 saturated carbocycles. The van der Waals surface area contributed by atoms with E-state index >= 15 is 0 Å².